The van der Waals surface area contributed by atoms with Gasteiger partial charge in [-0.05, 0) is 25.1 Å². The number of aryl methyl sites for hydroxylation is 1. The molecule has 90 valence electrons. The minimum atomic E-state index is -0.713. The molecule has 0 amide bonds. The molecule has 0 saturated carbocycles. The Hall–Kier alpha value is -1.24. The van der Waals surface area contributed by atoms with Gasteiger partial charge in [0.05, 0.1) is 0 Å². The number of hydrogen-bond acceptors (Lipinski definition) is 4. The van der Waals surface area contributed by atoms with Gasteiger partial charge in [-0.1, -0.05) is 29.6 Å². The maximum absolute atomic E-state index is 10.2. The number of carboxylic acid groups (broad SMARTS) is 1. The third-order valence-corrected chi connectivity index (χ3v) is 2.61. The molecule has 0 bridgehead atoms. The van der Waals surface area contributed by atoms with Crippen molar-refractivity contribution in [3.63, 3.8) is 0 Å². The molecule has 2 N–H and O–H groups in total. The van der Waals surface area contributed by atoms with Crippen LogP contribution in [0.3, 0.4) is 0 Å². The van der Waals surface area contributed by atoms with E-state index >= 15 is 0 Å². The summed E-state index contributed by atoms with van der Waals surface area (Å²) in [6.45, 7) is 0.796. The Morgan fingerprint density at radius 2 is 2.00 bits per heavy atom. The molecule has 0 spiro atoms. The minimum Gasteiger partial charge on any atom is -0.481 e. The van der Waals surface area contributed by atoms with Crippen molar-refractivity contribution in [2.75, 3.05) is 0 Å². The number of aromatic nitrogens is 4. The Kier molecular flexibility index (Phi) is 5.69. The molecule has 1 rings (SSSR count). The molecule has 1 heterocycles. The third kappa shape index (κ3) is 5.01. The number of rotatable bonds is 8. The molecule has 6 nitrogen and oxygen atoms in total. The number of unbranched alkanes of at least 4 members (excludes halogenated alkanes) is 4. The zero-order valence-corrected chi connectivity index (χ0v) is 9.87. The summed E-state index contributed by atoms with van der Waals surface area (Å²) in [5.41, 5.74) is 0. The maximum Gasteiger partial charge on any atom is 0.303 e. The number of aliphatic carboxylic acids is 1. The molecular weight excluding hydrogens is 228 g/mol. The normalized spacial score (nSPS) is 10.5. The molecule has 1 aromatic heterocycles. The van der Waals surface area contributed by atoms with E-state index in [0.717, 1.165) is 38.6 Å². The topological polar surface area (TPSA) is 83.8 Å². The predicted octanol–water partition coefficient (Wildman–Crippen LogP) is 1.76. The van der Waals surface area contributed by atoms with Crippen LogP contribution in [0.15, 0.2) is 0 Å². The van der Waals surface area contributed by atoms with Gasteiger partial charge >= 0.3 is 5.97 Å². The van der Waals surface area contributed by atoms with Crippen LogP contribution in [0.1, 0.15) is 38.5 Å². The molecule has 0 aliphatic heterocycles. The van der Waals surface area contributed by atoms with Crippen LogP contribution >= 0.6 is 12.2 Å². The van der Waals surface area contributed by atoms with Crippen LogP contribution in [0.25, 0.3) is 0 Å². The number of hydrogen-bond donors (Lipinski definition) is 2. The quantitative estimate of drug-likeness (QED) is 0.537. The molecule has 0 aromatic carbocycles. The number of carbonyl (C=O) groups is 1. The Bertz CT molecular complexity index is 374. The van der Waals surface area contributed by atoms with Crippen LogP contribution in [-0.4, -0.2) is 31.3 Å². The average molecular weight is 244 g/mol. The lowest BCUT2D eigenvalue weighted by Crippen LogP contribution is -2.00. The number of carboxylic acids is 1. The standard InChI is InChI=1S/C9H16N4O2S/c14-8(15)6-4-2-1-3-5-7-13-9(16)10-11-12-13/h1-7H2,(H,14,15)(H,10,12,16). The SMILES string of the molecule is O=C(O)CCCCCCCn1[nH]nnc1=S. The Labute approximate surface area is 98.6 Å². The monoisotopic (exact) mass is 244 g/mol. The highest BCUT2D eigenvalue weighted by Gasteiger charge is 1.97. The molecule has 7 heteroatoms. The van der Waals surface area contributed by atoms with Gasteiger partial charge in [-0.3, -0.25) is 4.79 Å². The fourth-order valence-corrected chi connectivity index (χ4v) is 1.61. The van der Waals surface area contributed by atoms with Crippen molar-refractivity contribution in [3.05, 3.63) is 4.77 Å². The lowest BCUT2D eigenvalue weighted by molar-refractivity contribution is -0.137. The van der Waals surface area contributed by atoms with Crippen molar-refractivity contribution in [2.45, 2.75) is 45.1 Å². The van der Waals surface area contributed by atoms with Crippen LogP contribution < -0.4 is 0 Å². The van der Waals surface area contributed by atoms with Crippen LogP contribution in [-0.2, 0) is 11.3 Å². The second kappa shape index (κ2) is 7.10. The largest absolute Gasteiger partial charge is 0.481 e. The predicted molar refractivity (Wildman–Crippen MR) is 60.5 cm³/mol. The lowest BCUT2D eigenvalue weighted by atomic mass is 10.1. The first-order valence-corrected chi connectivity index (χ1v) is 5.80. The number of nitrogens with one attached hydrogen (secondary N) is 1. The van der Waals surface area contributed by atoms with E-state index in [4.69, 9.17) is 17.3 Å². The van der Waals surface area contributed by atoms with E-state index in [0.29, 0.717) is 4.77 Å². The molecular formula is C9H16N4O2S. The first-order valence-electron chi connectivity index (χ1n) is 5.40. The van der Waals surface area contributed by atoms with Crippen LogP contribution in [0.2, 0.25) is 0 Å². The second-order valence-corrected chi connectivity index (χ2v) is 4.01. The zero-order chi connectivity index (χ0) is 11.8. The fraction of sp³-hybridized carbons (Fsp3) is 0.778. The van der Waals surface area contributed by atoms with E-state index in [1.807, 2.05) is 0 Å². The Morgan fingerprint density at radius 3 is 2.62 bits per heavy atom. The van der Waals surface area contributed by atoms with Crippen molar-refractivity contribution in [1.82, 2.24) is 20.2 Å². The lowest BCUT2D eigenvalue weighted by Gasteiger charge is -2.01. The van der Waals surface area contributed by atoms with Gasteiger partial charge in [0.2, 0.25) is 4.77 Å². The first-order chi connectivity index (χ1) is 7.70. The molecule has 16 heavy (non-hydrogen) atoms. The number of H-pyrrole nitrogens is 1. The summed E-state index contributed by atoms with van der Waals surface area (Å²) in [6, 6.07) is 0. The summed E-state index contributed by atoms with van der Waals surface area (Å²) in [6.07, 6.45) is 5.14. The van der Waals surface area contributed by atoms with E-state index in [-0.39, 0.29) is 6.42 Å². The summed E-state index contributed by atoms with van der Waals surface area (Å²) >= 11 is 4.93. The zero-order valence-electron chi connectivity index (χ0n) is 9.06. The number of tetrazole rings is 1. The van der Waals surface area contributed by atoms with E-state index in [1.165, 1.54) is 0 Å². The second-order valence-electron chi connectivity index (χ2n) is 3.65. The number of nitrogens with zero attached hydrogens (tertiary/aromatic N) is 3. The molecule has 0 aliphatic carbocycles. The van der Waals surface area contributed by atoms with Gasteiger partial charge in [-0.25, -0.2) is 4.68 Å². The highest BCUT2D eigenvalue weighted by atomic mass is 32.1. The third-order valence-electron chi connectivity index (χ3n) is 2.30. The summed E-state index contributed by atoms with van der Waals surface area (Å²) in [4.78, 5) is 10.2. The minimum absolute atomic E-state index is 0.273. The van der Waals surface area contributed by atoms with Gasteiger partial charge in [0.15, 0.2) is 0 Å². The smallest absolute Gasteiger partial charge is 0.303 e. The molecule has 0 aliphatic rings. The first kappa shape index (κ1) is 12.8. The van der Waals surface area contributed by atoms with E-state index in [2.05, 4.69) is 15.5 Å². The highest BCUT2D eigenvalue weighted by molar-refractivity contribution is 7.71. The van der Waals surface area contributed by atoms with Gasteiger partial charge in [0.1, 0.15) is 0 Å². The van der Waals surface area contributed by atoms with Crippen LogP contribution in [0.5, 0.6) is 0 Å². The molecule has 0 radical (unpaired) electrons. The maximum atomic E-state index is 10.2. The van der Waals surface area contributed by atoms with E-state index < -0.39 is 5.97 Å². The van der Waals surface area contributed by atoms with Crippen molar-refractivity contribution in [2.24, 2.45) is 0 Å². The van der Waals surface area contributed by atoms with Crippen molar-refractivity contribution >= 4 is 18.2 Å². The van der Waals surface area contributed by atoms with Crippen molar-refractivity contribution in [1.29, 1.82) is 0 Å². The van der Waals surface area contributed by atoms with Crippen LogP contribution in [0.4, 0.5) is 0 Å². The highest BCUT2D eigenvalue weighted by Crippen LogP contribution is 2.06. The van der Waals surface area contributed by atoms with Gasteiger partial charge in [-0.15, -0.1) is 0 Å². The summed E-state index contributed by atoms with van der Waals surface area (Å²) in [5.74, 6) is -0.713. The van der Waals surface area contributed by atoms with Crippen LogP contribution in [0, 0.1) is 4.77 Å². The van der Waals surface area contributed by atoms with Gasteiger partial charge in [0.25, 0.3) is 0 Å². The molecule has 0 atom stereocenters. The van der Waals surface area contributed by atoms with Gasteiger partial charge in [0, 0.05) is 13.0 Å². The molecule has 1 aromatic rings. The molecule has 0 saturated heterocycles. The summed E-state index contributed by atoms with van der Waals surface area (Å²) < 4.78 is 2.21. The average Bonchev–Trinajstić information content (AvgIpc) is 2.62. The number of aromatic amines is 1. The fourth-order valence-electron chi connectivity index (χ4n) is 1.44. The van der Waals surface area contributed by atoms with E-state index in [1.54, 1.807) is 4.68 Å². The summed E-state index contributed by atoms with van der Waals surface area (Å²) in [7, 11) is 0. The molecule has 0 fully saturated rings. The summed E-state index contributed by atoms with van der Waals surface area (Å²) in [5, 5.41) is 18.4. The Morgan fingerprint density at radius 1 is 1.31 bits per heavy atom. The molecule has 0 unspecified atom stereocenters. The van der Waals surface area contributed by atoms with Gasteiger partial charge < -0.3 is 5.11 Å². The Balaban J connectivity index is 1.98. The van der Waals surface area contributed by atoms with Crippen molar-refractivity contribution < 1.29 is 9.90 Å². The van der Waals surface area contributed by atoms with Crippen molar-refractivity contribution in [3.8, 4) is 0 Å². The van der Waals surface area contributed by atoms with Gasteiger partial charge in [-0.2, -0.15) is 5.21 Å². The van der Waals surface area contributed by atoms with E-state index in [9.17, 15) is 4.79 Å².